The summed E-state index contributed by atoms with van der Waals surface area (Å²) in [5.74, 6) is 0. The third kappa shape index (κ3) is 4.98. The minimum Gasteiger partial charge on any atom is -0.310 e. The lowest BCUT2D eigenvalue weighted by atomic mass is 9.78. The van der Waals surface area contributed by atoms with E-state index in [2.05, 4.69) is 221 Å². The van der Waals surface area contributed by atoms with E-state index in [0.717, 1.165) is 17.1 Å². The van der Waals surface area contributed by atoms with E-state index in [0.29, 0.717) is 0 Å². The van der Waals surface area contributed by atoms with Crippen molar-refractivity contribution in [2.75, 3.05) is 4.90 Å². The van der Waals surface area contributed by atoms with Crippen molar-refractivity contribution in [3.8, 4) is 33.4 Å². The van der Waals surface area contributed by atoms with E-state index in [4.69, 9.17) is 0 Å². The normalized spacial score (nSPS) is 14.4. The van der Waals surface area contributed by atoms with Crippen molar-refractivity contribution in [1.82, 2.24) is 0 Å². The number of rotatable bonds is 4. The van der Waals surface area contributed by atoms with Gasteiger partial charge in [0.25, 0.3) is 0 Å². The number of anilines is 3. The van der Waals surface area contributed by atoms with Gasteiger partial charge < -0.3 is 4.90 Å². The Kier molecular flexibility index (Phi) is 7.10. The molecule has 0 aromatic heterocycles. The van der Waals surface area contributed by atoms with Gasteiger partial charge in [-0.05, 0) is 159 Å². The summed E-state index contributed by atoms with van der Waals surface area (Å²) in [5, 5.41) is 10.3. The predicted octanol–water partition coefficient (Wildman–Crippen LogP) is 16.0. The molecule has 0 amide bonds. The topological polar surface area (TPSA) is 3.24 Å². The second kappa shape index (κ2) is 12.3. The minimum atomic E-state index is -0.141. The van der Waals surface area contributed by atoms with Crippen molar-refractivity contribution in [3.05, 3.63) is 210 Å². The first-order valence-corrected chi connectivity index (χ1v) is 20.9. The minimum absolute atomic E-state index is 0.107. The molecule has 10 aromatic carbocycles. The Morgan fingerprint density at radius 1 is 0.305 bits per heavy atom. The molecule has 0 heterocycles. The molecule has 2 aliphatic rings. The molecule has 1 heteroatoms. The highest BCUT2D eigenvalue weighted by Crippen LogP contribution is 2.55. The van der Waals surface area contributed by atoms with Gasteiger partial charge in [0.15, 0.2) is 0 Å². The lowest BCUT2D eigenvalue weighted by molar-refractivity contribution is 0.662. The van der Waals surface area contributed by atoms with Gasteiger partial charge >= 0.3 is 0 Å². The molecule has 0 N–H and O–H groups in total. The molecular formula is C58H43N. The standard InChI is InChI=1S/C58H43N/c1-57(2)53-34-40-16-9-8-15-39(40)32-51(53)52-33-41-20-25-45(31-43(41)35-54(52)57)59(44-23-18-37(19-24-44)36-12-6-5-7-13-36)46-26-29-48-42(30-46)22-28-50-49-27-21-38-14-10-11-17-47(38)55(49)58(3,4)56(48)50/h5-35H,1-4H3. The molecular weight excluding hydrogens is 711 g/mol. The fraction of sp³-hybridized carbons (Fsp3) is 0.103. The van der Waals surface area contributed by atoms with Crippen molar-refractivity contribution in [2.45, 2.75) is 38.5 Å². The van der Waals surface area contributed by atoms with Crippen LogP contribution in [0.3, 0.4) is 0 Å². The third-order valence-corrected chi connectivity index (χ3v) is 13.7. The molecule has 59 heavy (non-hydrogen) atoms. The largest absolute Gasteiger partial charge is 0.310 e. The van der Waals surface area contributed by atoms with Crippen molar-refractivity contribution >= 4 is 60.2 Å². The molecule has 0 bridgehead atoms. The average molecular weight is 754 g/mol. The van der Waals surface area contributed by atoms with E-state index in [1.165, 1.54) is 98.7 Å². The van der Waals surface area contributed by atoms with Crippen LogP contribution in [0.1, 0.15) is 49.9 Å². The van der Waals surface area contributed by atoms with E-state index in [1.54, 1.807) is 0 Å². The molecule has 10 aromatic rings. The van der Waals surface area contributed by atoms with Gasteiger partial charge in [0.05, 0.1) is 0 Å². The first-order chi connectivity index (χ1) is 28.7. The summed E-state index contributed by atoms with van der Waals surface area (Å²) >= 11 is 0. The van der Waals surface area contributed by atoms with Crippen LogP contribution in [0.15, 0.2) is 188 Å². The van der Waals surface area contributed by atoms with Crippen LogP contribution in [0.5, 0.6) is 0 Å². The molecule has 0 saturated carbocycles. The third-order valence-electron chi connectivity index (χ3n) is 13.7. The van der Waals surface area contributed by atoms with Gasteiger partial charge in [-0.2, -0.15) is 0 Å². The molecule has 0 atom stereocenters. The van der Waals surface area contributed by atoms with Gasteiger partial charge in [0.1, 0.15) is 0 Å². The summed E-state index contributed by atoms with van der Waals surface area (Å²) in [7, 11) is 0. The van der Waals surface area contributed by atoms with Crippen LogP contribution in [-0.2, 0) is 10.8 Å². The molecule has 0 saturated heterocycles. The monoisotopic (exact) mass is 753 g/mol. The lowest BCUT2D eigenvalue weighted by Gasteiger charge is -2.28. The smallest absolute Gasteiger partial charge is 0.0468 e. The summed E-state index contributed by atoms with van der Waals surface area (Å²) in [6.45, 7) is 9.59. The van der Waals surface area contributed by atoms with Crippen LogP contribution in [0.4, 0.5) is 17.1 Å². The maximum Gasteiger partial charge on any atom is 0.0468 e. The first-order valence-electron chi connectivity index (χ1n) is 20.9. The number of fused-ring (bicyclic) bond motifs is 12. The Hall–Kier alpha value is -6.96. The van der Waals surface area contributed by atoms with Crippen molar-refractivity contribution in [3.63, 3.8) is 0 Å². The molecule has 0 spiro atoms. The summed E-state index contributed by atoms with van der Waals surface area (Å²) < 4.78 is 0. The van der Waals surface area contributed by atoms with E-state index in [9.17, 15) is 0 Å². The molecule has 2 aliphatic carbocycles. The highest BCUT2D eigenvalue weighted by atomic mass is 15.1. The average Bonchev–Trinajstić information content (AvgIpc) is 3.64. The zero-order chi connectivity index (χ0) is 39.6. The Labute approximate surface area is 345 Å². The lowest BCUT2D eigenvalue weighted by Crippen LogP contribution is -2.16. The highest BCUT2D eigenvalue weighted by Gasteiger charge is 2.39. The second-order valence-electron chi connectivity index (χ2n) is 17.8. The van der Waals surface area contributed by atoms with Crippen LogP contribution in [0.2, 0.25) is 0 Å². The molecule has 1 nitrogen and oxygen atoms in total. The second-order valence-corrected chi connectivity index (χ2v) is 17.8. The van der Waals surface area contributed by atoms with Gasteiger partial charge in [0, 0.05) is 27.9 Å². The maximum absolute atomic E-state index is 2.46. The fourth-order valence-electron chi connectivity index (χ4n) is 10.8. The predicted molar refractivity (Wildman–Crippen MR) is 252 cm³/mol. The van der Waals surface area contributed by atoms with E-state index in [1.807, 2.05) is 0 Å². The van der Waals surface area contributed by atoms with Gasteiger partial charge in [-0.25, -0.2) is 0 Å². The van der Waals surface area contributed by atoms with Gasteiger partial charge in [-0.3, -0.25) is 0 Å². The van der Waals surface area contributed by atoms with Gasteiger partial charge in [-0.1, -0.05) is 155 Å². The number of benzene rings is 10. The quantitative estimate of drug-likeness (QED) is 0.173. The van der Waals surface area contributed by atoms with Crippen LogP contribution < -0.4 is 4.90 Å². The van der Waals surface area contributed by atoms with Crippen molar-refractivity contribution in [2.24, 2.45) is 0 Å². The van der Waals surface area contributed by atoms with Crippen LogP contribution in [-0.4, -0.2) is 0 Å². The van der Waals surface area contributed by atoms with Crippen LogP contribution in [0, 0.1) is 0 Å². The molecule has 0 fully saturated rings. The zero-order valence-electron chi connectivity index (χ0n) is 33.8. The van der Waals surface area contributed by atoms with Crippen LogP contribution in [0.25, 0.3) is 76.5 Å². The van der Waals surface area contributed by atoms with E-state index in [-0.39, 0.29) is 10.8 Å². The van der Waals surface area contributed by atoms with E-state index < -0.39 is 0 Å². The Morgan fingerprint density at radius 3 is 1.47 bits per heavy atom. The summed E-state index contributed by atoms with van der Waals surface area (Å²) in [5.41, 5.74) is 16.7. The Balaban J connectivity index is 1.01. The number of hydrogen-bond donors (Lipinski definition) is 0. The Bertz CT molecular complexity index is 3370. The van der Waals surface area contributed by atoms with Crippen molar-refractivity contribution in [1.29, 1.82) is 0 Å². The number of nitrogens with zero attached hydrogens (tertiary/aromatic N) is 1. The zero-order valence-corrected chi connectivity index (χ0v) is 33.8. The fourth-order valence-corrected chi connectivity index (χ4v) is 10.8. The molecule has 12 rings (SSSR count). The highest BCUT2D eigenvalue weighted by molar-refractivity contribution is 6.05. The molecule has 0 radical (unpaired) electrons. The maximum atomic E-state index is 2.46. The summed E-state index contributed by atoms with van der Waals surface area (Å²) in [6.07, 6.45) is 0. The number of hydrogen-bond acceptors (Lipinski definition) is 1. The summed E-state index contributed by atoms with van der Waals surface area (Å²) in [6, 6.07) is 70.5. The molecule has 0 unspecified atom stereocenters. The first kappa shape index (κ1) is 34.1. The Morgan fingerprint density at radius 2 is 0.780 bits per heavy atom. The molecule has 280 valence electrons. The van der Waals surface area contributed by atoms with Crippen LogP contribution >= 0.6 is 0 Å². The molecule has 0 aliphatic heterocycles. The summed E-state index contributed by atoms with van der Waals surface area (Å²) in [4.78, 5) is 2.44. The SMILES string of the molecule is CC1(C)c2cc3ccccc3cc2-c2cc3ccc(N(c4ccc(-c5ccccc5)cc4)c4ccc5c6c(ccc5c4)-c4ccc5ccccc5c4C6(C)C)cc3cc21. The van der Waals surface area contributed by atoms with Crippen molar-refractivity contribution < 1.29 is 0 Å². The van der Waals surface area contributed by atoms with Gasteiger partial charge in [-0.15, -0.1) is 0 Å². The van der Waals surface area contributed by atoms with Gasteiger partial charge in [0.2, 0.25) is 0 Å². The van der Waals surface area contributed by atoms with E-state index >= 15 is 0 Å².